The van der Waals surface area contributed by atoms with E-state index in [1.165, 1.54) is 10.5 Å². The summed E-state index contributed by atoms with van der Waals surface area (Å²) >= 11 is 0. The maximum atomic E-state index is 13.7. The van der Waals surface area contributed by atoms with Crippen LogP contribution in [0.2, 0.25) is 0 Å². The van der Waals surface area contributed by atoms with E-state index in [0.29, 0.717) is 50.7 Å². The van der Waals surface area contributed by atoms with Crippen molar-refractivity contribution in [3.8, 4) is 11.4 Å². The highest BCUT2D eigenvalue weighted by molar-refractivity contribution is 7.89. The molecule has 12 heteroatoms. The summed E-state index contributed by atoms with van der Waals surface area (Å²) in [4.78, 5) is 37.5. The number of aliphatic hydroxyl groups is 1. The molecule has 0 aliphatic carbocycles. The number of pyridine rings is 3. The number of cyclic esters (lactones) is 1. The van der Waals surface area contributed by atoms with E-state index in [2.05, 4.69) is 9.88 Å². The summed E-state index contributed by atoms with van der Waals surface area (Å²) in [5.41, 5.74) is 2.30. The number of para-hydroxylation sites is 1. The van der Waals surface area contributed by atoms with Gasteiger partial charge in [-0.3, -0.25) is 14.7 Å². The first kappa shape index (κ1) is 26.9. The second-order valence-corrected chi connectivity index (χ2v) is 12.8. The highest BCUT2D eigenvalue weighted by atomic mass is 32.2. The molecule has 1 atom stereocenters. The van der Waals surface area contributed by atoms with E-state index in [1.54, 1.807) is 35.9 Å². The fraction of sp³-hybridized carbons (Fsp3) is 0.333. The topological polar surface area (TPSA) is 135 Å². The number of benzene rings is 1. The van der Waals surface area contributed by atoms with Gasteiger partial charge in [0.1, 0.15) is 11.5 Å². The van der Waals surface area contributed by atoms with Crippen LogP contribution in [-0.2, 0) is 44.9 Å². The van der Waals surface area contributed by atoms with Crippen molar-refractivity contribution in [3.63, 3.8) is 0 Å². The van der Waals surface area contributed by atoms with E-state index in [9.17, 15) is 23.1 Å². The molecule has 216 valence electrons. The predicted molar refractivity (Wildman–Crippen MR) is 153 cm³/mol. The van der Waals surface area contributed by atoms with Gasteiger partial charge in [0.25, 0.3) is 5.56 Å². The van der Waals surface area contributed by atoms with Crippen LogP contribution in [0, 0.1) is 0 Å². The van der Waals surface area contributed by atoms with E-state index >= 15 is 0 Å². The van der Waals surface area contributed by atoms with Crippen LogP contribution in [0.25, 0.3) is 22.3 Å². The van der Waals surface area contributed by atoms with Crippen molar-refractivity contribution in [2.24, 2.45) is 0 Å². The van der Waals surface area contributed by atoms with E-state index in [1.807, 2.05) is 24.3 Å². The number of hydrogen-bond acceptors (Lipinski definition) is 9. The van der Waals surface area contributed by atoms with E-state index in [4.69, 9.17) is 9.72 Å². The molecule has 7 rings (SSSR count). The third-order valence-corrected chi connectivity index (χ3v) is 10.6. The van der Waals surface area contributed by atoms with Gasteiger partial charge in [-0.25, -0.2) is 18.2 Å². The molecule has 0 radical (unpaired) electrons. The Kier molecular flexibility index (Phi) is 6.28. The number of carbonyl (C=O) groups is 1. The van der Waals surface area contributed by atoms with E-state index < -0.39 is 21.6 Å². The van der Waals surface area contributed by atoms with Crippen molar-refractivity contribution in [2.45, 2.75) is 43.5 Å². The molecular formula is C30H29N5O6S. The summed E-state index contributed by atoms with van der Waals surface area (Å²) < 4.78 is 34.6. The summed E-state index contributed by atoms with van der Waals surface area (Å²) in [6.45, 7) is 4.12. The van der Waals surface area contributed by atoms with Gasteiger partial charge >= 0.3 is 5.97 Å². The Morgan fingerprint density at radius 2 is 1.83 bits per heavy atom. The van der Waals surface area contributed by atoms with Gasteiger partial charge in [0, 0.05) is 61.6 Å². The van der Waals surface area contributed by atoms with Crippen LogP contribution >= 0.6 is 0 Å². The lowest BCUT2D eigenvalue weighted by atomic mass is 9.86. The summed E-state index contributed by atoms with van der Waals surface area (Å²) in [7, 11) is -3.63. The van der Waals surface area contributed by atoms with Crippen molar-refractivity contribution in [1.29, 1.82) is 0 Å². The molecule has 0 amide bonds. The number of aromatic nitrogens is 3. The van der Waals surface area contributed by atoms with Gasteiger partial charge in [0.05, 0.1) is 29.0 Å². The van der Waals surface area contributed by atoms with Gasteiger partial charge in [-0.2, -0.15) is 4.31 Å². The van der Waals surface area contributed by atoms with Crippen LogP contribution in [0.4, 0.5) is 0 Å². The quantitative estimate of drug-likeness (QED) is 0.306. The number of carbonyl (C=O) groups excluding carboxylic acids is 1. The second-order valence-electron chi connectivity index (χ2n) is 10.9. The maximum Gasteiger partial charge on any atom is 0.343 e. The molecule has 3 aliphatic rings. The molecule has 1 aromatic carbocycles. The highest BCUT2D eigenvalue weighted by Gasteiger charge is 2.45. The Hall–Kier alpha value is -3.97. The van der Waals surface area contributed by atoms with Crippen LogP contribution < -0.4 is 5.56 Å². The van der Waals surface area contributed by atoms with Crippen molar-refractivity contribution in [1.82, 2.24) is 23.7 Å². The number of sulfonamides is 1. The molecule has 0 unspecified atom stereocenters. The summed E-state index contributed by atoms with van der Waals surface area (Å²) in [6, 6.07) is 12.7. The maximum absolute atomic E-state index is 13.7. The zero-order valence-corrected chi connectivity index (χ0v) is 23.8. The molecule has 3 aliphatic heterocycles. The lowest BCUT2D eigenvalue weighted by Gasteiger charge is -2.34. The van der Waals surface area contributed by atoms with Gasteiger partial charge in [0.15, 0.2) is 5.60 Å². The number of piperazine rings is 1. The number of fused-ring (bicyclic) bond motifs is 5. The summed E-state index contributed by atoms with van der Waals surface area (Å²) in [6.07, 6.45) is 3.00. The molecule has 6 heterocycles. The molecule has 1 fully saturated rings. The van der Waals surface area contributed by atoms with Crippen LogP contribution in [0.15, 0.2) is 64.5 Å². The Morgan fingerprint density at radius 3 is 2.57 bits per heavy atom. The van der Waals surface area contributed by atoms with E-state index in [0.717, 1.165) is 22.0 Å². The minimum atomic E-state index is -3.63. The average Bonchev–Trinajstić information content (AvgIpc) is 3.38. The summed E-state index contributed by atoms with van der Waals surface area (Å²) in [5, 5.41) is 12.2. The summed E-state index contributed by atoms with van der Waals surface area (Å²) in [5.74, 6) is -0.753. The van der Waals surface area contributed by atoms with Crippen molar-refractivity contribution in [3.05, 3.63) is 87.5 Å². The number of nitrogens with zero attached hydrogens (tertiary/aromatic N) is 5. The Morgan fingerprint density at radius 1 is 1.05 bits per heavy atom. The average molecular weight is 588 g/mol. The van der Waals surface area contributed by atoms with Crippen molar-refractivity contribution < 1.29 is 23.1 Å². The molecular weight excluding hydrogens is 558 g/mol. The third-order valence-electron chi connectivity index (χ3n) is 8.70. The molecule has 4 aromatic rings. The lowest BCUT2D eigenvalue weighted by molar-refractivity contribution is -0.172. The number of hydrogen-bond donors (Lipinski definition) is 1. The molecule has 1 saturated heterocycles. The van der Waals surface area contributed by atoms with Crippen molar-refractivity contribution >= 4 is 26.9 Å². The number of esters is 1. The van der Waals surface area contributed by atoms with Crippen molar-refractivity contribution in [2.75, 3.05) is 26.2 Å². The molecule has 11 nitrogen and oxygen atoms in total. The normalized spacial score (nSPS) is 20.7. The molecule has 3 aromatic heterocycles. The zero-order chi connectivity index (χ0) is 29.2. The predicted octanol–water partition coefficient (Wildman–Crippen LogP) is 1.98. The fourth-order valence-corrected chi connectivity index (χ4v) is 7.68. The second kappa shape index (κ2) is 9.80. The van der Waals surface area contributed by atoms with Crippen LogP contribution in [0.5, 0.6) is 0 Å². The first-order valence-electron chi connectivity index (χ1n) is 13.9. The monoisotopic (exact) mass is 587 g/mol. The molecule has 1 N–H and O–H groups in total. The minimum Gasteiger partial charge on any atom is -0.458 e. The lowest BCUT2D eigenvalue weighted by Crippen LogP contribution is -2.48. The van der Waals surface area contributed by atoms with Crippen LogP contribution in [0.3, 0.4) is 0 Å². The van der Waals surface area contributed by atoms with Gasteiger partial charge in [-0.15, -0.1) is 0 Å². The fourth-order valence-electron chi connectivity index (χ4n) is 6.29. The van der Waals surface area contributed by atoms with Gasteiger partial charge in [-0.1, -0.05) is 25.1 Å². The van der Waals surface area contributed by atoms with Gasteiger partial charge in [-0.05, 0) is 36.2 Å². The molecule has 0 spiro atoms. The Labute approximate surface area is 242 Å². The first-order chi connectivity index (χ1) is 20.2. The Balaban J connectivity index is 1.25. The first-order valence-corrected chi connectivity index (χ1v) is 15.4. The van der Waals surface area contributed by atoms with Gasteiger partial charge in [0.2, 0.25) is 10.0 Å². The smallest absolute Gasteiger partial charge is 0.343 e. The number of rotatable bonds is 5. The molecule has 0 bridgehead atoms. The minimum absolute atomic E-state index is 0.0769. The molecule has 0 saturated carbocycles. The Bertz CT molecular complexity index is 1920. The highest BCUT2D eigenvalue weighted by Crippen LogP contribution is 2.40. The SMILES string of the molecule is CC[C@@]1(O)C(=O)OCc2c1cc1n(c2=O)Cc2c-1nc1ccccc1c2CN1CCN(S(=O)(=O)c2cccnc2)CC1. The van der Waals surface area contributed by atoms with E-state index in [-0.39, 0.29) is 34.6 Å². The zero-order valence-electron chi connectivity index (χ0n) is 23.0. The molecule has 42 heavy (non-hydrogen) atoms. The largest absolute Gasteiger partial charge is 0.458 e. The number of ether oxygens (including phenoxy) is 1. The van der Waals surface area contributed by atoms with Crippen LogP contribution in [0.1, 0.15) is 35.6 Å². The van der Waals surface area contributed by atoms with Crippen LogP contribution in [-0.4, -0.2) is 69.4 Å². The van der Waals surface area contributed by atoms with Gasteiger partial charge < -0.3 is 14.4 Å². The third kappa shape index (κ3) is 4.01. The standard InChI is InChI=1S/C30H29N5O6S/c1-2-30(38)24-14-26-27-22(17-35(26)28(36)23(24)18-41-29(30)37)21(20-7-3-4-8-25(20)32-27)16-33-10-12-34(13-11-33)42(39,40)19-6-5-9-31-15-19/h3-9,14-15,38H,2,10-13,16-18H2,1H3/t30-/m0/s1.